The van der Waals surface area contributed by atoms with Crippen molar-refractivity contribution in [3.8, 4) is 23.4 Å². The Morgan fingerprint density at radius 1 is 1.41 bits per heavy atom. The molecule has 0 amide bonds. The molecule has 2 heterocycles. The summed E-state index contributed by atoms with van der Waals surface area (Å²) in [7, 11) is 0. The zero-order valence-electron chi connectivity index (χ0n) is 9.41. The predicted octanol–water partition coefficient (Wildman–Crippen LogP) is 1.79. The van der Waals surface area contributed by atoms with Crippen LogP contribution in [0.25, 0.3) is 11.5 Å². The number of nitrogens with zero attached hydrogens (tertiary/aromatic N) is 4. The Kier molecular flexibility index (Phi) is 3.01. The van der Waals surface area contributed by atoms with E-state index in [0.29, 0.717) is 22.9 Å². The topological polar surface area (TPSA) is 84.8 Å². The van der Waals surface area contributed by atoms with Gasteiger partial charge in [0.1, 0.15) is 11.6 Å². The van der Waals surface area contributed by atoms with Crippen LogP contribution in [0, 0.1) is 11.3 Å². The molecular formula is C11H10N4O2. The third kappa shape index (κ3) is 2.39. The summed E-state index contributed by atoms with van der Waals surface area (Å²) in [4.78, 5) is 7.96. The predicted molar refractivity (Wildman–Crippen MR) is 58.0 cm³/mol. The Labute approximate surface area is 97.9 Å². The molecule has 2 aromatic heterocycles. The first-order chi connectivity index (χ1) is 8.20. The van der Waals surface area contributed by atoms with Crippen molar-refractivity contribution < 1.29 is 9.26 Å². The van der Waals surface area contributed by atoms with Crippen LogP contribution < -0.4 is 4.74 Å². The molecule has 0 atom stereocenters. The molecule has 2 rings (SSSR count). The molecule has 6 heteroatoms. The van der Waals surface area contributed by atoms with Crippen LogP contribution in [-0.4, -0.2) is 21.2 Å². The zero-order chi connectivity index (χ0) is 12.3. The van der Waals surface area contributed by atoms with Gasteiger partial charge in [0.2, 0.25) is 5.88 Å². The lowest BCUT2D eigenvalue weighted by molar-refractivity contribution is 0.232. The van der Waals surface area contributed by atoms with E-state index in [1.54, 1.807) is 6.07 Å². The molecule has 0 aliphatic carbocycles. The highest BCUT2D eigenvalue weighted by atomic mass is 16.5. The van der Waals surface area contributed by atoms with E-state index in [9.17, 15) is 0 Å². The SMILES string of the molecule is CC(C)Oc1ncc(-c2ncno2)cc1C#N. The molecule has 0 aromatic carbocycles. The number of nitriles is 1. The van der Waals surface area contributed by atoms with Crippen molar-refractivity contribution in [3.05, 3.63) is 24.2 Å². The van der Waals surface area contributed by atoms with Gasteiger partial charge in [-0.05, 0) is 19.9 Å². The zero-order valence-corrected chi connectivity index (χ0v) is 9.41. The average molecular weight is 230 g/mol. The largest absolute Gasteiger partial charge is 0.474 e. The molecule has 0 fully saturated rings. The lowest BCUT2D eigenvalue weighted by Gasteiger charge is -2.09. The minimum atomic E-state index is -0.0381. The fourth-order valence-electron chi connectivity index (χ4n) is 1.27. The molecule has 0 bridgehead atoms. The van der Waals surface area contributed by atoms with E-state index in [0.717, 1.165) is 0 Å². The summed E-state index contributed by atoms with van der Waals surface area (Å²) < 4.78 is 10.3. The molecule has 6 nitrogen and oxygen atoms in total. The second-order valence-corrected chi connectivity index (χ2v) is 3.60. The summed E-state index contributed by atoms with van der Waals surface area (Å²) in [5.41, 5.74) is 0.935. The van der Waals surface area contributed by atoms with Crippen LogP contribution in [0.5, 0.6) is 5.88 Å². The van der Waals surface area contributed by atoms with E-state index in [4.69, 9.17) is 14.5 Å². The first-order valence-electron chi connectivity index (χ1n) is 5.04. The summed E-state index contributed by atoms with van der Waals surface area (Å²) in [6, 6.07) is 3.64. The van der Waals surface area contributed by atoms with E-state index in [1.165, 1.54) is 12.5 Å². The second kappa shape index (κ2) is 4.61. The maximum absolute atomic E-state index is 9.02. The normalized spacial score (nSPS) is 10.2. The molecule has 86 valence electrons. The maximum atomic E-state index is 9.02. The monoisotopic (exact) mass is 230 g/mol. The van der Waals surface area contributed by atoms with Crippen LogP contribution >= 0.6 is 0 Å². The summed E-state index contributed by atoms with van der Waals surface area (Å²) >= 11 is 0. The van der Waals surface area contributed by atoms with E-state index < -0.39 is 0 Å². The lowest BCUT2D eigenvalue weighted by atomic mass is 10.2. The number of ether oxygens (including phenoxy) is 1. The maximum Gasteiger partial charge on any atom is 0.259 e. The number of hydrogen-bond donors (Lipinski definition) is 0. The van der Waals surface area contributed by atoms with Gasteiger partial charge in [0.25, 0.3) is 5.89 Å². The summed E-state index contributed by atoms with van der Waals surface area (Å²) in [6.07, 6.45) is 2.79. The third-order valence-corrected chi connectivity index (χ3v) is 1.93. The quantitative estimate of drug-likeness (QED) is 0.799. The Balaban J connectivity index is 2.39. The number of aromatic nitrogens is 3. The highest BCUT2D eigenvalue weighted by Crippen LogP contribution is 2.22. The van der Waals surface area contributed by atoms with Crippen LogP contribution in [-0.2, 0) is 0 Å². The minimum Gasteiger partial charge on any atom is -0.474 e. The van der Waals surface area contributed by atoms with Crippen LogP contribution in [0.2, 0.25) is 0 Å². The van der Waals surface area contributed by atoms with Gasteiger partial charge in [-0.25, -0.2) is 4.98 Å². The average Bonchev–Trinajstić information content (AvgIpc) is 2.82. The van der Waals surface area contributed by atoms with Crippen molar-refractivity contribution in [1.82, 2.24) is 15.1 Å². The van der Waals surface area contributed by atoms with Gasteiger partial charge >= 0.3 is 0 Å². The highest BCUT2D eigenvalue weighted by Gasteiger charge is 2.11. The van der Waals surface area contributed by atoms with E-state index >= 15 is 0 Å². The fraction of sp³-hybridized carbons (Fsp3) is 0.273. The van der Waals surface area contributed by atoms with E-state index in [2.05, 4.69) is 15.1 Å². The van der Waals surface area contributed by atoms with Crippen LogP contribution in [0.4, 0.5) is 0 Å². The fourth-order valence-corrected chi connectivity index (χ4v) is 1.27. The molecule has 0 unspecified atom stereocenters. The molecule has 17 heavy (non-hydrogen) atoms. The molecule has 0 spiro atoms. The van der Waals surface area contributed by atoms with Gasteiger partial charge in [-0.2, -0.15) is 10.2 Å². The van der Waals surface area contributed by atoms with E-state index in [-0.39, 0.29) is 6.10 Å². The Hall–Kier alpha value is -2.42. The first kappa shape index (κ1) is 11.1. The van der Waals surface area contributed by atoms with Gasteiger partial charge in [-0.3, -0.25) is 0 Å². The molecule has 0 saturated carbocycles. The van der Waals surface area contributed by atoms with Crippen molar-refractivity contribution >= 4 is 0 Å². The van der Waals surface area contributed by atoms with Gasteiger partial charge in [-0.1, -0.05) is 5.16 Å². The molecule has 0 radical (unpaired) electrons. The van der Waals surface area contributed by atoms with Crippen molar-refractivity contribution in [3.63, 3.8) is 0 Å². The number of hydrogen-bond acceptors (Lipinski definition) is 6. The van der Waals surface area contributed by atoms with Gasteiger partial charge in [0.15, 0.2) is 6.33 Å². The van der Waals surface area contributed by atoms with Crippen LogP contribution in [0.1, 0.15) is 19.4 Å². The van der Waals surface area contributed by atoms with Gasteiger partial charge in [-0.15, -0.1) is 0 Å². The number of rotatable bonds is 3. The molecule has 0 aliphatic heterocycles. The molecule has 2 aromatic rings. The van der Waals surface area contributed by atoms with Crippen LogP contribution in [0.15, 0.2) is 23.1 Å². The first-order valence-corrected chi connectivity index (χ1v) is 5.04. The van der Waals surface area contributed by atoms with Gasteiger partial charge in [0, 0.05) is 6.20 Å². The molecule has 0 saturated heterocycles. The summed E-state index contributed by atoms with van der Waals surface area (Å²) in [5, 5.41) is 12.5. The molecular weight excluding hydrogens is 220 g/mol. The number of pyridine rings is 1. The van der Waals surface area contributed by atoms with Crippen molar-refractivity contribution in [1.29, 1.82) is 5.26 Å². The van der Waals surface area contributed by atoms with Crippen molar-refractivity contribution in [2.75, 3.05) is 0 Å². The Morgan fingerprint density at radius 3 is 2.82 bits per heavy atom. The van der Waals surface area contributed by atoms with E-state index in [1.807, 2.05) is 19.9 Å². The van der Waals surface area contributed by atoms with Gasteiger partial charge < -0.3 is 9.26 Å². The van der Waals surface area contributed by atoms with Gasteiger partial charge in [0.05, 0.1) is 11.7 Å². The molecule has 0 aliphatic rings. The second-order valence-electron chi connectivity index (χ2n) is 3.60. The minimum absolute atomic E-state index is 0.0381. The highest BCUT2D eigenvalue weighted by molar-refractivity contribution is 5.56. The third-order valence-electron chi connectivity index (χ3n) is 1.93. The summed E-state index contributed by atoms with van der Waals surface area (Å²) in [6.45, 7) is 3.74. The van der Waals surface area contributed by atoms with Crippen molar-refractivity contribution in [2.45, 2.75) is 20.0 Å². The smallest absolute Gasteiger partial charge is 0.259 e. The lowest BCUT2D eigenvalue weighted by Crippen LogP contribution is -2.08. The summed E-state index contributed by atoms with van der Waals surface area (Å²) in [5.74, 6) is 0.635. The standard InChI is InChI=1S/C11H10N4O2/c1-7(2)16-10-8(4-12)3-9(5-13-10)11-14-6-15-17-11/h3,5-7H,1-2H3. The Bertz CT molecular complexity index is 543. The Morgan fingerprint density at radius 2 is 2.24 bits per heavy atom. The molecule has 0 N–H and O–H groups in total. The van der Waals surface area contributed by atoms with Crippen LogP contribution in [0.3, 0.4) is 0 Å². The van der Waals surface area contributed by atoms with Crippen molar-refractivity contribution in [2.24, 2.45) is 0 Å².